The van der Waals surface area contributed by atoms with Crippen molar-refractivity contribution in [3.63, 3.8) is 0 Å². The molecular formula is C27H39N3O6. The van der Waals surface area contributed by atoms with Gasteiger partial charge in [0.25, 0.3) is 11.8 Å². The molecule has 198 valence electrons. The highest BCUT2D eigenvalue weighted by Crippen LogP contribution is 2.29. The van der Waals surface area contributed by atoms with Crippen molar-refractivity contribution in [3.05, 3.63) is 35.4 Å². The first-order valence-electron chi connectivity index (χ1n) is 12.5. The standard InChI is InChI=1S/C27H39N3O6/c1-16(2)15-20(22(31)29-21(23(32)28-6)27(3,4)5)19(26(35)36)13-9-10-14-30-24(33)17-11-7-8-12-18(17)25(30)34/h7-8,11-12,16,19-21H,9-10,13-15H2,1-6H3,(H,28,32)(H,29,31)(H,35,36)/t19?,20-,21-/m1/s1. The first-order valence-corrected chi connectivity index (χ1v) is 12.5. The molecule has 1 heterocycles. The van der Waals surface area contributed by atoms with E-state index in [1.807, 2.05) is 34.6 Å². The second kappa shape index (κ2) is 12.1. The normalized spacial score (nSPS) is 15.9. The molecule has 9 nitrogen and oxygen atoms in total. The van der Waals surface area contributed by atoms with Crippen molar-refractivity contribution in [1.29, 1.82) is 0 Å². The van der Waals surface area contributed by atoms with Crippen molar-refractivity contribution in [2.75, 3.05) is 13.6 Å². The van der Waals surface area contributed by atoms with Crippen LogP contribution in [0.4, 0.5) is 0 Å². The summed E-state index contributed by atoms with van der Waals surface area (Å²) in [5.74, 6) is -4.28. The number of nitrogens with zero attached hydrogens (tertiary/aromatic N) is 1. The number of benzene rings is 1. The number of carboxylic acids is 1. The summed E-state index contributed by atoms with van der Waals surface area (Å²) in [6, 6.07) is 5.84. The largest absolute Gasteiger partial charge is 0.481 e. The Morgan fingerprint density at radius 3 is 1.94 bits per heavy atom. The summed E-state index contributed by atoms with van der Waals surface area (Å²) < 4.78 is 0. The lowest BCUT2D eigenvalue weighted by Crippen LogP contribution is -2.55. The van der Waals surface area contributed by atoms with Gasteiger partial charge in [-0.3, -0.25) is 28.9 Å². The van der Waals surface area contributed by atoms with Gasteiger partial charge in [0.05, 0.1) is 23.0 Å². The van der Waals surface area contributed by atoms with Crippen LogP contribution in [0.2, 0.25) is 0 Å². The Kier molecular flexibility index (Phi) is 9.78. The third-order valence-electron chi connectivity index (χ3n) is 6.55. The first-order chi connectivity index (χ1) is 16.8. The molecule has 1 unspecified atom stereocenters. The average molecular weight is 502 g/mol. The Bertz CT molecular complexity index is 962. The molecule has 0 aliphatic carbocycles. The topological polar surface area (TPSA) is 133 Å². The van der Waals surface area contributed by atoms with Gasteiger partial charge in [-0.25, -0.2) is 0 Å². The molecule has 0 saturated carbocycles. The van der Waals surface area contributed by atoms with E-state index in [1.165, 1.54) is 11.9 Å². The average Bonchev–Trinajstić information content (AvgIpc) is 3.04. The van der Waals surface area contributed by atoms with Crippen LogP contribution < -0.4 is 10.6 Å². The molecule has 0 fully saturated rings. The number of aliphatic carboxylic acids is 1. The minimum Gasteiger partial charge on any atom is -0.481 e. The molecule has 9 heteroatoms. The van der Waals surface area contributed by atoms with Gasteiger partial charge in [-0.1, -0.05) is 53.2 Å². The predicted molar refractivity (Wildman–Crippen MR) is 135 cm³/mol. The van der Waals surface area contributed by atoms with Crippen LogP contribution in [0.25, 0.3) is 0 Å². The second-order valence-electron chi connectivity index (χ2n) is 10.9. The van der Waals surface area contributed by atoms with E-state index in [2.05, 4.69) is 10.6 Å². The van der Waals surface area contributed by atoms with Gasteiger partial charge in [0.1, 0.15) is 6.04 Å². The molecule has 36 heavy (non-hydrogen) atoms. The quantitative estimate of drug-likeness (QED) is 0.298. The number of unbranched alkanes of at least 4 members (excludes halogenated alkanes) is 1. The van der Waals surface area contributed by atoms with Gasteiger partial charge in [0.2, 0.25) is 11.8 Å². The zero-order chi connectivity index (χ0) is 27.2. The monoisotopic (exact) mass is 501 g/mol. The highest BCUT2D eigenvalue weighted by atomic mass is 16.4. The Balaban J connectivity index is 2.08. The summed E-state index contributed by atoms with van der Waals surface area (Å²) in [5, 5.41) is 15.3. The summed E-state index contributed by atoms with van der Waals surface area (Å²) in [6.45, 7) is 9.51. The van der Waals surface area contributed by atoms with Gasteiger partial charge in [0.15, 0.2) is 0 Å². The van der Waals surface area contributed by atoms with Crippen LogP contribution in [-0.4, -0.2) is 59.2 Å². The maximum absolute atomic E-state index is 13.3. The summed E-state index contributed by atoms with van der Waals surface area (Å²) in [7, 11) is 1.49. The number of carbonyl (C=O) groups excluding carboxylic acids is 4. The van der Waals surface area contributed by atoms with Crippen LogP contribution in [-0.2, 0) is 14.4 Å². The Morgan fingerprint density at radius 1 is 0.944 bits per heavy atom. The number of amides is 4. The number of hydrogen-bond donors (Lipinski definition) is 3. The third-order valence-corrected chi connectivity index (χ3v) is 6.55. The van der Waals surface area contributed by atoms with Gasteiger partial charge in [-0.15, -0.1) is 0 Å². The van der Waals surface area contributed by atoms with Crippen molar-refractivity contribution >= 4 is 29.6 Å². The number of hydrogen-bond acceptors (Lipinski definition) is 5. The molecule has 0 saturated heterocycles. The third kappa shape index (κ3) is 6.92. The zero-order valence-corrected chi connectivity index (χ0v) is 22.1. The van der Waals surface area contributed by atoms with Gasteiger partial charge in [-0.05, 0) is 42.7 Å². The van der Waals surface area contributed by atoms with Crippen molar-refractivity contribution in [2.45, 2.75) is 66.3 Å². The number of carbonyl (C=O) groups is 5. The lowest BCUT2D eigenvalue weighted by Gasteiger charge is -2.33. The molecule has 0 spiro atoms. The molecule has 2 rings (SSSR count). The van der Waals surface area contributed by atoms with Crippen LogP contribution in [0.1, 0.15) is 81.0 Å². The molecular weight excluding hydrogens is 462 g/mol. The lowest BCUT2D eigenvalue weighted by atomic mass is 9.80. The maximum atomic E-state index is 13.3. The SMILES string of the molecule is CNC(=O)[C@@H](NC(=O)[C@H](CC(C)C)C(CCCCN1C(=O)c2ccccc2C1=O)C(=O)O)C(C)(C)C. The van der Waals surface area contributed by atoms with Crippen LogP contribution in [0.15, 0.2) is 24.3 Å². The van der Waals surface area contributed by atoms with Gasteiger partial charge >= 0.3 is 5.97 Å². The number of carboxylic acid groups (broad SMARTS) is 1. The van der Waals surface area contributed by atoms with Gasteiger partial charge in [0, 0.05) is 13.6 Å². The van der Waals surface area contributed by atoms with E-state index in [-0.39, 0.29) is 36.6 Å². The minimum absolute atomic E-state index is 0.0639. The van der Waals surface area contributed by atoms with Crippen LogP contribution in [0.5, 0.6) is 0 Å². The Hall–Kier alpha value is -3.23. The van der Waals surface area contributed by atoms with Gasteiger partial charge < -0.3 is 15.7 Å². The summed E-state index contributed by atoms with van der Waals surface area (Å²) in [5.41, 5.74) is 0.191. The van der Waals surface area contributed by atoms with E-state index in [0.717, 1.165) is 0 Å². The molecule has 0 radical (unpaired) electrons. The smallest absolute Gasteiger partial charge is 0.307 e. The number of fused-ring (bicyclic) bond motifs is 1. The van der Waals surface area contributed by atoms with Gasteiger partial charge in [-0.2, -0.15) is 0 Å². The molecule has 1 aliphatic heterocycles. The second-order valence-corrected chi connectivity index (χ2v) is 10.9. The number of nitrogens with one attached hydrogen (secondary N) is 2. The van der Waals surface area contributed by atoms with Crippen molar-refractivity contribution in [2.24, 2.45) is 23.2 Å². The van der Waals surface area contributed by atoms with Crippen molar-refractivity contribution < 1.29 is 29.1 Å². The summed E-state index contributed by atoms with van der Waals surface area (Å²) in [6.07, 6.45) is 1.41. The number of imide groups is 1. The fourth-order valence-electron chi connectivity index (χ4n) is 4.60. The van der Waals surface area contributed by atoms with Crippen LogP contribution in [0.3, 0.4) is 0 Å². The predicted octanol–water partition coefficient (Wildman–Crippen LogP) is 3.09. The Morgan fingerprint density at radius 2 is 1.50 bits per heavy atom. The Labute approximate surface area is 213 Å². The van der Waals surface area contributed by atoms with E-state index < -0.39 is 35.2 Å². The number of rotatable bonds is 12. The van der Waals surface area contributed by atoms with E-state index in [9.17, 15) is 29.1 Å². The lowest BCUT2D eigenvalue weighted by molar-refractivity contribution is -0.148. The molecule has 3 atom stereocenters. The highest BCUT2D eigenvalue weighted by molar-refractivity contribution is 6.21. The van der Waals surface area contributed by atoms with Crippen LogP contribution >= 0.6 is 0 Å². The number of likely N-dealkylation sites (N-methyl/N-ethyl adjacent to an activating group) is 1. The molecule has 4 amide bonds. The van der Waals surface area contributed by atoms with Crippen molar-refractivity contribution in [3.8, 4) is 0 Å². The molecule has 1 aromatic rings. The van der Waals surface area contributed by atoms with Crippen molar-refractivity contribution in [1.82, 2.24) is 15.5 Å². The fraction of sp³-hybridized carbons (Fsp3) is 0.593. The molecule has 0 aromatic heterocycles. The first kappa shape index (κ1) is 29.0. The maximum Gasteiger partial charge on any atom is 0.307 e. The van der Waals surface area contributed by atoms with E-state index in [1.54, 1.807) is 24.3 Å². The summed E-state index contributed by atoms with van der Waals surface area (Å²) in [4.78, 5) is 64.2. The molecule has 1 aromatic carbocycles. The highest BCUT2D eigenvalue weighted by Gasteiger charge is 2.39. The summed E-state index contributed by atoms with van der Waals surface area (Å²) >= 11 is 0. The van der Waals surface area contributed by atoms with E-state index >= 15 is 0 Å². The molecule has 0 bridgehead atoms. The molecule has 3 N–H and O–H groups in total. The van der Waals surface area contributed by atoms with E-state index in [4.69, 9.17) is 0 Å². The molecule has 1 aliphatic rings. The fourth-order valence-corrected chi connectivity index (χ4v) is 4.60. The van der Waals surface area contributed by atoms with Crippen LogP contribution in [0, 0.1) is 23.2 Å². The zero-order valence-electron chi connectivity index (χ0n) is 22.1. The minimum atomic E-state index is -1.08. The van der Waals surface area contributed by atoms with E-state index in [0.29, 0.717) is 30.4 Å².